The summed E-state index contributed by atoms with van der Waals surface area (Å²) in [7, 11) is 0. The SMILES string of the molecule is OC[C@H]([I-]c1cncc(Cl)n1)c1ccccc1. The second-order valence-electron chi connectivity index (χ2n) is 3.33. The molecule has 0 saturated heterocycles. The van der Waals surface area contributed by atoms with Gasteiger partial charge in [0.25, 0.3) is 0 Å². The van der Waals surface area contributed by atoms with Gasteiger partial charge in [-0.1, -0.05) is 0 Å². The van der Waals surface area contributed by atoms with Gasteiger partial charge >= 0.3 is 116 Å². The van der Waals surface area contributed by atoms with Gasteiger partial charge in [-0.05, 0) is 0 Å². The van der Waals surface area contributed by atoms with Crippen molar-refractivity contribution in [3.05, 3.63) is 57.1 Å². The van der Waals surface area contributed by atoms with Gasteiger partial charge in [0.1, 0.15) is 0 Å². The first-order chi connectivity index (χ1) is 8.29. The summed E-state index contributed by atoms with van der Waals surface area (Å²) in [5.41, 5.74) is 1.14. The van der Waals surface area contributed by atoms with E-state index in [1.165, 1.54) is 6.20 Å². The molecule has 0 fully saturated rings. The zero-order valence-corrected chi connectivity index (χ0v) is 11.8. The minimum atomic E-state index is -0.443. The third-order valence-corrected chi connectivity index (χ3v) is 5.35. The molecule has 0 amide bonds. The molecule has 0 aliphatic rings. The average Bonchev–Trinajstić information content (AvgIpc) is 2.37. The van der Waals surface area contributed by atoms with Crippen molar-refractivity contribution >= 4 is 11.6 Å². The second-order valence-corrected chi connectivity index (χ2v) is 6.95. The van der Waals surface area contributed by atoms with Crippen LogP contribution in [0.4, 0.5) is 0 Å². The molecule has 1 aromatic carbocycles. The molecule has 0 aliphatic carbocycles. The van der Waals surface area contributed by atoms with E-state index in [1.54, 1.807) is 6.20 Å². The van der Waals surface area contributed by atoms with Crippen LogP contribution in [0.3, 0.4) is 0 Å². The average molecular weight is 362 g/mol. The fraction of sp³-hybridized carbons (Fsp3) is 0.167. The van der Waals surface area contributed by atoms with Gasteiger partial charge in [-0.3, -0.25) is 0 Å². The Morgan fingerprint density at radius 3 is 2.65 bits per heavy atom. The predicted molar refractivity (Wildman–Crippen MR) is 62.0 cm³/mol. The van der Waals surface area contributed by atoms with E-state index in [4.69, 9.17) is 11.6 Å². The number of halogens is 2. The van der Waals surface area contributed by atoms with Crippen molar-refractivity contribution in [3.63, 3.8) is 0 Å². The van der Waals surface area contributed by atoms with E-state index in [1.807, 2.05) is 30.3 Å². The molecule has 0 saturated carbocycles. The fourth-order valence-corrected chi connectivity index (χ4v) is 4.13. The molecule has 1 aromatic heterocycles. The zero-order valence-electron chi connectivity index (χ0n) is 8.92. The summed E-state index contributed by atoms with van der Waals surface area (Å²) < 4.78 is 1.04. The van der Waals surface area contributed by atoms with E-state index in [0.717, 1.165) is 9.26 Å². The molecule has 1 atom stereocenters. The van der Waals surface area contributed by atoms with Crippen molar-refractivity contribution < 1.29 is 26.3 Å². The molecular weight excluding hydrogens is 351 g/mol. The summed E-state index contributed by atoms with van der Waals surface area (Å²) in [6, 6.07) is 9.98. The number of aromatic nitrogens is 2. The quantitative estimate of drug-likeness (QED) is 0.568. The van der Waals surface area contributed by atoms with E-state index in [-0.39, 0.29) is 10.5 Å². The zero-order chi connectivity index (χ0) is 12.1. The van der Waals surface area contributed by atoms with Gasteiger partial charge in [0.2, 0.25) is 0 Å². The molecule has 0 bridgehead atoms. The Balaban J connectivity index is 2.16. The summed E-state index contributed by atoms with van der Waals surface area (Å²) in [6.45, 7) is 0.130. The van der Waals surface area contributed by atoms with Crippen LogP contribution in [0.1, 0.15) is 9.49 Å². The van der Waals surface area contributed by atoms with Crippen LogP contribution in [-0.4, -0.2) is 21.7 Å². The van der Waals surface area contributed by atoms with Crippen molar-refractivity contribution in [1.29, 1.82) is 0 Å². The second kappa shape index (κ2) is 6.28. The molecule has 1 N–H and O–H groups in total. The van der Waals surface area contributed by atoms with Gasteiger partial charge in [0.15, 0.2) is 0 Å². The van der Waals surface area contributed by atoms with Crippen LogP contribution in [0.2, 0.25) is 5.15 Å². The van der Waals surface area contributed by atoms with Crippen LogP contribution < -0.4 is 21.2 Å². The molecule has 0 aliphatic heterocycles. The maximum absolute atomic E-state index is 9.46. The van der Waals surface area contributed by atoms with Gasteiger partial charge in [0, 0.05) is 0 Å². The van der Waals surface area contributed by atoms with Crippen LogP contribution in [0, 0.1) is 3.70 Å². The summed E-state index contributed by atoms with van der Waals surface area (Å²) in [4.78, 5) is 8.24. The first-order valence-corrected chi connectivity index (χ1v) is 7.76. The molecule has 17 heavy (non-hydrogen) atoms. The van der Waals surface area contributed by atoms with E-state index in [0.29, 0.717) is 5.15 Å². The Morgan fingerprint density at radius 2 is 2.00 bits per heavy atom. The van der Waals surface area contributed by atoms with Gasteiger partial charge in [-0.2, -0.15) is 0 Å². The molecule has 2 aromatic rings. The van der Waals surface area contributed by atoms with Crippen molar-refractivity contribution in [2.75, 3.05) is 6.61 Å². The third-order valence-electron chi connectivity index (χ3n) is 2.14. The molecule has 3 nitrogen and oxygen atoms in total. The van der Waals surface area contributed by atoms with Crippen LogP contribution in [0.5, 0.6) is 0 Å². The number of aliphatic hydroxyl groups is 1. The van der Waals surface area contributed by atoms with Crippen molar-refractivity contribution in [2.45, 2.75) is 3.92 Å². The summed E-state index contributed by atoms with van der Waals surface area (Å²) in [5, 5.41) is 9.87. The topological polar surface area (TPSA) is 46.0 Å². The number of hydrogen-bond donors (Lipinski definition) is 1. The number of rotatable bonds is 4. The van der Waals surface area contributed by atoms with Crippen molar-refractivity contribution in [3.8, 4) is 0 Å². The van der Waals surface area contributed by atoms with Crippen LogP contribution in [-0.2, 0) is 0 Å². The Labute approximate surface area is 115 Å². The molecule has 0 spiro atoms. The molecular formula is C12H11ClIN2O-. The number of hydrogen-bond acceptors (Lipinski definition) is 3. The first-order valence-electron chi connectivity index (χ1n) is 5.06. The normalized spacial score (nSPS) is 12.6. The molecule has 90 valence electrons. The van der Waals surface area contributed by atoms with E-state index < -0.39 is 21.2 Å². The van der Waals surface area contributed by atoms with Crippen LogP contribution in [0.15, 0.2) is 42.7 Å². The number of nitrogens with zero attached hydrogens (tertiary/aromatic N) is 2. The van der Waals surface area contributed by atoms with Gasteiger partial charge in [-0.25, -0.2) is 0 Å². The van der Waals surface area contributed by atoms with E-state index in [2.05, 4.69) is 9.97 Å². The number of aliphatic hydroxyl groups excluding tert-OH is 1. The number of alkyl halides is 1. The van der Waals surface area contributed by atoms with Crippen LogP contribution in [0.25, 0.3) is 0 Å². The number of benzene rings is 1. The van der Waals surface area contributed by atoms with Crippen molar-refractivity contribution in [2.24, 2.45) is 0 Å². The molecule has 0 unspecified atom stereocenters. The predicted octanol–water partition coefficient (Wildman–Crippen LogP) is -0.878. The summed E-state index contributed by atoms with van der Waals surface area (Å²) in [5.74, 6) is 0. The Morgan fingerprint density at radius 1 is 1.24 bits per heavy atom. The third kappa shape index (κ3) is 3.62. The Hall–Kier alpha value is -0.720. The van der Waals surface area contributed by atoms with E-state index in [9.17, 15) is 5.11 Å². The fourth-order valence-electron chi connectivity index (χ4n) is 1.37. The van der Waals surface area contributed by atoms with E-state index >= 15 is 0 Å². The summed E-state index contributed by atoms with van der Waals surface area (Å²) in [6.07, 6.45) is 3.25. The molecule has 1 heterocycles. The van der Waals surface area contributed by atoms with Gasteiger partial charge in [0.05, 0.1) is 0 Å². The summed E-state index contributed by atoms with van der Waals surface area (Å²) >= 11 is 5.36. The van der Waals surface area contributed by atoms with Crippen LogP contribution >= 0.6 is 11.6 Å². The first kappa shape index (κ1) is 12.7. The Kier molecular flexibility index (Phi) is 4.70. The molecule has 0 radical (unpaired) electrons. The molecule has 5 heteroatoms. The standard InChI is InChI=1S/C12H11ClIN2O/c13-11-6-15-7-12(16-11)14-10(8-17)9-4-2-1-3-5-9/h1-7,10,17H,8H2/q-1/t10-/m0/s1. The minimum absolute atomic E-state index is 0.130. The van der Waals surface area contributed by atoms with Crippen molar-refractivity contribution in [1.82, 2.24) is 9.97 Å². The Bertz CT molecular complexity index is 481. The monoisotopic (exact) mass is 361 g/mol. The van der Waals surface area contributed by atoms with Gasteiger partial charge in [-0.15, -0.1) is 0 Å². The van der Waals surface area contributed by atoms with Gasteiger partial charge < -0.3 is 0 Å². The molecule has 2 rings (SSSR count). The maximum atomic E-state index is 9.46.